The predicted molar refractivity (Wildman–Crippen MR) is 45.4 cm³/mol. The molecular formula is C6H9N5. The summed E-state index contributed by atoms with van der Waals surface area (Å²) in [5.41, 5.74) is 17.4. The quantitative estimate of drug-likeness (QED) is 0.417. The lowest BCUT2D eigenvalue weighted by Gasteiger charge is -2.04. The first kappa shape index (κ1) is 7.33. The molecule has 0 bridgehead atoms. The summed E-state index contributed by atoms with van der Waals surface area (Å²) in [5, 5.41) is 6.94. The average molecular weight is 151 g/mol. The van der Waals surface area contributed by atoms with Crippen LogP contribution >= 0.6 is 0 Å². The minimum Gasteiger partial charge on any atom is -0.396 e. The number of nitrogens with zero attached hydrogens (tertiary/aromatic N) is 1. The second-order valence-electron chi connectivity index (χ2n) is 2.07. The molecule has 0 aliphatic heterocycles. The largest absolute Gasteiger partial charge is 0.396 e. The van der Waals surface area contributed by atoms with E-state index in [-0.39, 0.29) is 5.82 Å². The Morgan fingerprint density at radius 1 is 1.36 bits per heavy atom. The van der Waals surface area contributed by atoms with Crippen molar-refractivity contribution in [3.8, 4) is 0 Å². The molecule has 0 saturated carbocycles. The van der Waals surface area contributed by atoms with Crippen molar-refractivity contribution in [3.05, 3.63) is 11.8 Å². The summed E-state index contributed by atoms with van der Waals surface area (Å²) < 4.78 is 0. The zero-order valence-electron chi connectivity index (χ0n) is 5.83. The van der Waals surface area contributed by atoms with E-state index in [0.29, 0.717) is 16.9 Å². The van der Waals surface area contributed by atoms with Crippen LogP contribution in [0.5, 0.6) is 0 Å². The highest BCUT2D eigenvalue weighted by Crippen LogP contribution is 2.20. The second-order valence-corrected chi connectivity index (χ2v) is 2.07. The Balaban J connectivity index is 3.40. The van der Waals surface area contributed by atoms with Gasteiger partial charge in [0.2, 0.25) is 0 Å². The number of pyridine rings is 1. The van der Waals surface area contributed by atoms with Crippen LogP contribution < -0.4 is 17.2 Å². The van der Waals surface area contributed by atoms with Gasteiger partial charge in [0.25, 0.3) is 0 Å². The SMILES string of the molecule is N=Cc1c(N)ncc(N)c1N. The summed E-state index contributed by atoms with van der Waals surface area (Å²) in [6.07, 6.45) is 2.41. The number of anilines is 3. The highest BCUT2D eigenvalue weighted by atomic mass is 14.9. The first-order valence-electron chi connectivity index (χ1n) is 2.96. The van der Waals surface area contributed by atoms with Crippen LogP contribution in [-0.2, 0) is 0 Å². The third-order valence-electron chi connectivity index (χ3n) is 1.36. The molecule has 1 aromatic rings. The Kier molecular flexibility index (Phi) is 1.63. The van der Waals surface area contributed by atoms with Gasteiger partial charge in [-0.1, -0.05) is 0 Å². The van der Waals surface area contributed by atoms with Crippen LogP contribution in [0.25, 0.3) is 0 Å². The van der Waals surface area contributed by atoms with Crippen molar-refractivity contribution < 1.29 is 0 Å². The Labute approximate surface area is 63.7 Å². The van der Waals surface area contributed by atoms with Gasteiger partial charge < -0.3 is 22.6 Å². The van der Waals surface area contributed by atoms with Crippen molar-refractivity contribution in [1.82, 2.24) is 4.98 Å². The van der Waals surface area contributed by atoms with E-state index < -0.39 is 0 Å². The Morgan fingerprint density at radius 2 is 2.00 bits per heavy atom. The van der Waals surface area contributed by atoms with Crippen LogP contribution in [0.4, 0.5) is 17.2 Å². The minimum absolute atomic E-state index is 0.228. The molecule has 0 aromatic carbocycles. The van der Waals surface area contributed by atoms with E-state index in [0.717, 1.165) is 6.21 Å². The van der Waals surface area contributed by atoms with Crippen LogP contribution in [0, 0.1) is 5.41 Å². The molecule has 5 nitrogen and oxygen atoms in total. The summed E-state index contributed by atoms with van der Waals surface area (Å²) in [7, 11) is 0. The van der Waals surface area contributed by atoms with Crippen LogP contribution in [0.3, 0.4) is 0 Å². The molecule has 0 atom stereocenters. The highest BCUT2D eigenvalue weighted by molar-refractivity contribution is 5.94. The number of nitrogens with one attached hydrogen (secondary N) is 1. The minimum atomic E-state index is 0.228. The molecule has 0 spiro atoms. The van der Waals surface area contributed by atoms with E-state index in [9.17, 15) is 0 Å². The summed E-state index contributed by atoms with van der Waals surface area (Å²) in [6, 6.07) is 0. The van der Waals surface area contributed by atoms with Gasteiger partial charge in [-0.25, -0.2) is 4.98 Å². The van der Waals surface area contributed by atoms with E-state index in [2.05, 4.69) is 4.98 Å². The number of hydrogen-bond donors (Lipinski definition) is 4. The summed E-state index contributed by atoms with van der Waals surface area (Å²) >= 11 is 0. The van der Waals surface area contributed by atoms with E-state index in [1.165, 1.54) is 6.20 Å². The number of aromatic nitrogens is 1. The zero-order chi connectivity index (χ0) is 8.43. The fourth-order valence-corrected chi connectivity index (χ4v) is 0.723. The summed E-state index contributed by atoms with van der Waals surface area (Å²) in [6.45, 7) is 0. The molecule has 5 heteroatoms. The van der Waals surface area contributed by atoms with Crippen molar-refractivity contribution in [2.75, 3.05) is 17.2 Å². The molecule has 0 saturated heterocycles. The van der Waals surface area contributed by atoms with Gasteiger partial charge in [0.15, 0.2) is 0 Å². The molecule has 11 heavy (non-hydrogen) atoms. The molecule has 0 amide bonds. The van der Waals surface area contributed by atoms with Crippen LogP contribution in [-0.4, -0.2) is 11.2 Å². The van der Waals surface area contributed by atoms with Gasteiger partial charge in [-0.15, -0.1) is 0 Å². The van der Waals surface area contributed by atoms with Gasteiger partial charge in [-0.2, -0.15) is 0 Å². The number of hydrogen-bond acceptors (Lipinski definition) is 5. The number of nitrogens with two attached hydrogens (primary N) is 3. The smallest absolute Gasteiger partial charge is 0.134 e. The fraction of sp³-hybridized carbons (Fsp3) is 0. The maximum Gasteiger partial charge on any atom is 0.134 e. The molecule has 1 rings (SSSR count). The van der Waals surface area contributed by atoms with Gasteiger partial charge in [-0.05, 0) is 0 Å². The van der Waals surface area contributed by atoms with Crippen LogP contribution in [0.2, 0.25) is 0 Å². The lowest BCUT2D eigenvalue weighted by Crippen LogP contribution is -2.05. The van der Waals surface area contributed by atoms with Crippen molar-refractivity contribution >= 4 is 23.4 Å². The average Bonchev–Trinajstić information content (AvgIpc) is 1.99. The van der Waals surface area contributed by atoms with Crippen molar-refractivity contribution in [1.29, 1.82) is 5.41 Å². The molecule has 1 aromatic heterocycles. The lowest BCUT2D eigenvalue weighted by molar-refractivity contribution is 1.33. The van der Waals surface area contributed by atoms with Crippen molar-refractivity contribution in [3.63, 3.8) is 0 Å². The van der Waals surface area contributed by atoms with Crippen LogP contribution in [0.15, 0.2) is 6.20 Å². The standard InChI is InChI=1S/C6H9N5/c7-1-3-5(9)4(8)2-11-6(3)10/h1-2,7H,8H2,(H4,9,10,11). The highest BCUT2D eigenvalue weighted by Gasteiger charge is 2.04. The molecule has 0 aliphatic carbocycles. The molecule has 0 unspecified atom stereocenters. The first-order chi connectivity index (χ1) is 5.16. The lowest BCUT2D eigenvalue weighted by atomic mass is 10.2. The first-order valence-corrected chi connectivity index (χ1v) is 2.96. The normalized spacial score (nSPS) is 9.45. The predicted octanol–water partition coefficient (Wildman–Crippen LogP) is -0.174. The van der Waals surface area contributed by atoms with Gasteiger partial charge in [-0.3, -0.25) is 0 Å². The Morgan fingerprint density at radius 3 is 2.45 bits per heavy atom. The van der Waals surface area contributed by atoms with E-state index in [1.54, 1.807) is 0 Å². The van der Waals surface area contributed by atoms with Crippen molar-refractivity contribution in [2.45, 2.75) is 0 Å². The molecule has 0 fully saturated rings. The van der Waals surface area contributed by atoms with Crippen LogP contribution in [0.1, 0.15) is 5.56 Å². The topological polar surface area (TPSA) is 115 Å². The van der Waals surface area contributed by atoms with Gasteiger partial charge in [0.1, 0.15) is 5.82 Å². The molecule has 0 radical (unpaired) electrons. The van der Waals surface area contributed by atoms with Gasteiger partial charge in [0.05, 0.1) is 23.1 Å². The molecule has 58 valence electrons. The third-order valence-corrected chi connectivity index (χ3v) is 1.36. The monoisotopic (exact) mass is 151 g/mol. The zero-order valence-corrected chi connectivity index (χ0v) is 5.83. The Hall–Kier alpha value is -1.78. The molecule has 0 aliphatic rings. The second kappa shape index (κ2) is 2.45. The molecule has 1 heterocycles. The third kappa shape index (κ3) is 1.07. The van der Waals surface area contributed by atoms with Gasteiger partial charge >= 0.3 is 0 Å². The van der Waals surface area contributed by atoms with Gasteiger partial charge in [0, 0.05) is 6.21 Å². The fourth-order valence-electron chi connectivity index (χ4n) is 0.723. The van der Waals surface area contributed by atoms with E-state index in [4.69, 9.17) is 22.6 Å². The molecule has 7 N–H and O–H groups in total. The number of rotatable bonds is 1. The summed E-state index contributed by atoms with van der Waals surface area (Å²) in [4.78, 5) is 3.73. The maximum absolute atomic E-state index is 6.94. The van der Waals surface area contributed by atoms with E-state index in [1.807, 2.05) is 0 Å². The maximum atomic E-state index is 6.94. The van der Waals surface area contributed by atoms with Crippen molar-refractivity contribution in [2.24, 2.45) is 0 Å². The Bertz CT molecular complexity index is 293. The summed E-state index contributed by atoms with van der Waals surface area (Å²) in [5.74, 6) is 0.228. The molecular weight excluding hydrogens is 142 g/mol. The van der Waals surface area contributed by atoms with E-state index >= 15 is 0 Å². The number of nitrogen functional groups attached to an aromatic ring is 3.